The number of amides is 1. The van der Waals surface area contributed by atoms with Gasteiger partial charge in [0.05, 0.1) is 30.6 Å². The van der Waals surface area contributed by atoms with Crippen LogP contribution in [-0.2, 0) is 17.8 Å². The smallest absolute Gasteiger partial charge is 0.233 e. The second-order valence-corrected chi connectivity index (χ2v) is 7.37. The third-order valence-electron chi connectivity index (χ3n) is 4.10. The van der Waals surface area contributed by atoms with Crippen LogP contribution < -0.4 is 4.90 Å². The zero-order valence-electron chi connectivity index (χ0n) is 14.8. The van der Waals surface area contributed by atoms with Crippen LogP contribution in [0.4, 0.5) is 5.69 Å². The van der Waals surface area contributed by atoms with Gasteiger partial charge in [-0.1, -0.05) is 17.7 Å². The van der Waals surface area contributed by atoms with E-state index in [1.165, 1.54) is 11.3 Å². The molecule has 0 N–H and O–H groups in total. The number of nitrogens with zero attached hydrogens (tertiary/aromatic N) is 3. The second kappa shape index (κ2) is 8.37. The minimum absolute atomic E-state index is 0.0655. The molecule has 4 aromatic rings. The van der Waals surface area contributed by atoms with Crippen molar-refractivity contribution in [2.24, 2.45) is 0 Å². The molecule has 0 bridgehead atoms. The maximum absolute atomic E-state index is 13.1. The first-order chi connectivity index (χ1) is 13.7. The Morgan fingerprint density at radius 1 is 1.07 bits per heavy atom. The van der Waals surface area contributed by atoms with E-state index in [4.69, 9.17) is 16.0 Å². The van der Waals surface area contributed by atoms with E-state index < -0.39 is 0 Å². The molecule has 0 aliphatic rings. The van der Waals surface area contributed by atoms with Crippen LogP contribution in [0.25, 0.3) is 10.8 Å². The van der Waals surface area contributed by atoms with Crippen molar-refractivity contribution in [3.63, 3.8) is 0 Å². The standard InChI is InChI=1S/C21H16ClN3O2S/c22-15-6-8-18(9-7-15)25(13-16-4-1-2-10-23-16)20(26)12-17-14-28-21(24-17)19-5-3-11-27-19/h1-11,14H,12-13H2. The number of carbonyl (C=O) groups excluding carboxylic acids is 1. The van der Waals surface area contributed by atoms with Gasteiger partial charge in [0.15, 0.2) is 10.8 Å². The van der Waals surface area contributed by atoms with Crippen LogP contribution in [0, 0.1) is 0 Å². The van der Waals surface area contributed by atoms with Gasteiger partial charge in [0.2, 0.25) is 5.91 Å². The molecule has 0 atom stereocenters. The van der Waals surface area contributed by atoms with E-state index >= 15 is 0 Å². The summed E-state index contributed by atoms with van der Waals surface area (Å²) in [7, 11) is 0. The largest absolute Gasteiger partial charge is 0.462 e. The zero-order chi connectivity index (χ0) is 19.3. The van der Waals surface area contributed by atoms with Crippen molar-refractivity contribution < 1.29 is 9.21 Å². The monoisotopic (exact) mass is 409 g/mol. The van der Waals surface area contributed by atoms with Gasteiger partial charge in [-0.3, -0.25) is 9.78 Å². The molecule has 4 rings (SSSR count). The van der Waals surface area contributed by atoms with Crippen molar-refractivity contribution in [1.29, 1.82) is 0 Å². The summed E-state index contributed by atoms with van der Waals surface area (Å²) in [5.74, 6) is 0.635. The number of carbonyl (C=O) groups is 1. The van der Waals surface area contributed by atoms with E-state index in [9.17, 15) is 4.79 Å². The van der Waals surface area contributed by atoms with Gasteiger partial charge in [0, 0.05) is 22.3 Å². The summed E-state index contributed by atoms with van der Waals surface area (Å²) in [6.07, 6.45) is 3.51. The van der Waals surface area contributed by atoms with E-state index in [1.807, 2.05) is 47.8 Å². The summed E-state index contributed by atoms with van der Waals surface area (Å²) in [5.41, 5.74) is 2.28. The average Bonchev–Trinajstić information content (AvgIpc) is 3.39. The van der Waals surface area contributed by atoms with Gasteiger partial charge in [-0.2, -0.15) is 0 Å². The molecule has 7 heteroatoms. The van der Waals surface area contributed by atoms with E-state index in [0.717, 1.165) is 16.4 Å². The van der Waals surface area contributed by atoms with Gasteiger partial charge >= 0.3 is 0 Å². The molecule has 28 heavy (non-hydrogen) atoms. The van der Waals surface area contributed by atoms with E-state index in [-0.39, 0.29) is 12.3 Å². The highest BCUT2D eigenvalue weighted by molar-refractivity contribution is 7.13. The number of hydrogen-bond donors (Lipinski definition) is 0. The van der Waals surface area contributed by atoms with Crippen LogP contribution in [0.1, 0.15) is 11.4 Å². The minimum atomic E-state index is -0.0655. The third-order valence-corrected chi connectivity index (χ3v) is 5.26. The molecule has 1 amide bonds. The fourth-order valence-electron chi connectivity index (χ4n) is 2.75. The molecule has 0 aliphatic carbocycles. The number of aromatic nitrogens is 2. The van der Waals surface area contributed by atoms with Crippen molar-refractivity contribution >= 4 is 34.5 Å². The number of anilines is 1. The van der Waals surface area contributed by atoms with Crippen LogP contribution >= 0.6 is 22.9 Å². The van der Waals surface area contributed by atoms with Gasteiger partial charge in [-0.25, -0.2) is 4.98 Å². The summed E-state index contributed by atoms with van der Waals surface area (Å²) >= 11 is 7.46. The Bertz CT molecular complexity index is 1050. The maximum Gasteiger partial charge on any atom is 0.233 e. The normalized spacial score (nSPS) is 10.8. The molecule has 5 nitrogen and oxygen atoms in total. The summed E-state index contributed by atoms with van der Waals surface area (Å²) in [4.78, 5) is 23.7. The number of pyridine rings is 1. The van der Waals surface area contributed by atoms with Crippen LogP contribution in [0.15, 0.2) is 76.9 Å². The lowest BCUT2D eigenvalue weighted by Gasteiger charge is -2.22. The van der Waals surface area contributed by atoms with Crippen molar-refractivity contribution in [1.82, 2.24) is 9.97 Å². The minimum Gasteiger partial charge on any atom is -0.462 e. The Morgan fingerprint density at radius 2 is 1.93 bits per heavy atom. The van der Waals surface area contributed by atoms with Gasteiger partial charge < -0.3 is 9.32 Å². The van der Waals surface area contributed by atoms with E-state index in [1.54, 1.807) is 29.5 Å². The molecule has 0 radical (unpaired) electrons. The first-order valence-corrected chi connectivity index (χ1v) is 9.89. The predicted octanol–water partition coefficient (Wildman–Crippen LogP) is 5.23. The lowest BCUT2D eigenvalue weighted by Crippen LogP contribution is -2.32. The van der Waals surface area contributed by atoms with E-state index in [0.29, 0.717) is 23.0 Å². The molecule has 0 saturated carbocycles. The highest BCUT2D eigenvalue weighted by Crippen LogP contribution is 2.25. The average molecular weight is 410 g/mol. The molecular weight excluding hydrogens is 394 g/mol. The Balaban J connectivity index is 1.56. The Morgan fingerprint density at radius 3 is 2.64 bits per heavy atom. The molecule has 0 aliphatic heterocycles. The van der Waals surface area contributed by atoms with Crippen LogP contribution in [0.2, 0.25) is 5.02 Å². The molecule has 3 aromatic heterocycles. The highest BCUT2D eigenvalue weighted by atomic mass is 35.5. The summed E-state index contributed by atoms with van der Waals surface area (Å²) in [6.45, 7) is 0.372. The third kappa shape index (κ3) is 4.30. The molecule has 0 fully saturated rings. The fraction of sp³-hybridized carbons (Fsp3) is 0.0952. The second-order valence-electron chi connectivity index (χ2n) is 6.08. The Kier molecular flexibility index (Phi) is 5.50. The lowest BCUT2D eigenvalue weighted by molar-refractivity contribution is -0.118. The zero-order valence-corrected chi connectivity index (χ0v) is 16.4. The van der Waals surface area contributed by atoms with Crippen LogP contribution in [0.3, 0.4) is 0 Å². The van der Waals surface area contributed by atoms with Crippen LogP contribution in [0.5, 0.6) is 0 Å². The molecular formula is C21H16ClN3O2S. The topological polar surface area (TPSA) is 59.2 Å². The first-order valence-electron chi connectivity index (χ1n) is 8.63. The number of halogens is 1. The molecule has 0 unspecified atom stereocenters. The van der Waals surface area contributed by atoms with E-state index in [2.05, 4.69) is 9.97 Å². The fourth-order valence-corrected chi connectivity index (χ4v) is 3.66. The predicted molar refractivity (Wildman–Crippen MR) is 110 cm³/mol. The number of rotatable bonds is 6. The molecule has 140 valence electrons. The lowest BCUT2D eigenvalue weighted by atomic mass is 10.2. The molecule has 3 heterocycles. The van der Waals surface area contributed by atoms with Gasteiger partial charge in [0.25, 0.3) is 0 Å². The maximum atomic E-state index is 13.1. The molecule has 0 spiro atoms. The van der Waals surface area contributed by atoms with Gasteiger partial charge in [0.1, 0.15) is 0 Å². The van der Waals surface area contributed by atoms with Crippen LogP contribution in [-0.4, -0.2) is 15.9 Å². The first kappa shape index (κ1) is 18.4. The quantitative estimate of drug-likeness (QED) is 0.437. The van der Waals surface area contributed by atoms with Gasteiger partial charge in [-0.05, 0) is 48.5 Å². The summed E-state index contributed by atoms with van der Waals surface area (Å²) in [5, 5.41) is 3.27. The number of furan rings is 1. The highest BCUT2D eigenvalue weighted by Gasteiger charge is 2.19. The summed E-state index contributed by atoms with van der Waals surface area (Å²) < 4.78 is 5.38. The number of thiazole rings is 1. The number of hydrogen-bond acceptors (Lipinski definition) is 5. The van der Waals surface area contributed by atoms with Crippen molar-refractivity contribution in [2.45, 2.75) is 13.0 Å². The molecule has 1 aromatic carbocycles. The Hall–Kier alpha value is -2.96. The van der Waals surface area contributed by atoms with Crippen molar-refractivity contribution in [3.05, 3.63) is 88.8 Å². The molecule has 0 saturated heterocycles. The van der Waals surface area contributed by atoms with Crippen molar-refractivity contribution in [2.75, 3.05) is 4.90 Å². The Labute approximate surface area is 171 Å². The SMILES string of the molecule is O=C(Cc1csc(-c2ccco2)n1)N(Cc1ccccn1)c1ccc(Cl)cc1. The van der Waals surface area contributed by atoms with Gasteiger partial charge in [-0.15, -0.1) is 11.3 Å². The number of benzene rings is 1. The van der Waals surface area contributed by atoms with Crippen molar-refractivity contribution in [3.8, 4) is 10.8 Å². The summed E-state index contributed by atoms with van der Waals surface area (Å²) in [6, 6.07) is 16.5.